The second kappa shape index (κ2) is 3.68. The standard InChI is InChI=1S/C10H14N2S/c1-13-10-8(3-2-6-12-10)9(11)7-4-5-7/h2-3,6-7,9H,4-5,11H2,1H3/t9-/m0/s1. The van der Waals surface area contributed by atoms with Gasteiger partial charge in [-0.05, 0) is 31.1 Å². The Bertz CT molecular complexity index is 297. The Morgan fingerprint density at radius 2 is 2.38 bits per heavy atom. The minimum absolute atomic E-state index is 0.205. The maximum Gasteiger partial charge on any atom is 0.100 e. The zero-order valence-electron chi connectivity index (χ0n) is 7.73. The molecule has 3 heteroatoms. The summed E-state index contributed by atoms with van der Waals surface area (Å²) in [5.74, 6) is 0.704. The Hall–Kier alpha value is -0.540. The molecule has 0 aliphatic heterocycles. The van der Waals surface area contributed by atoms with E-state index in [0.717, 1.165) is 5.03 Å². The van der Waals surface area contributed by atoms with Crippen molar-refractivity contribution < 1.29 is 0 Å². The van der Waals surface area contributed by atoms with Crippen LogP contribution in [0.5, 0.6) is 0 Å². The Labute approximate surface area is 82.9 Å². The third-order valence-corrected chi connectivity index (χ3v) is 3.21. The van der Waals surface area contributed by atoms with E-state index in [2.05, 4.69) is 11.1 Å². The summed E-state index contributed by atoms with van der Waals surface area (Å²) in [5.41, 5.74) is 7.34. The normalized spacial score (nSPS) is 18.6. The quantitative estimate of drug-likeness (QED) is 0.750. The fourth-order valence-electron chi connectivity index (χ4n) is 1.54. The Kier molecular flexibility index (Phi) is 2.56. The highest BCUT2D eigenvalue weighted by Crippen LogP contribution is 2.41. The molecule has 1 atom stereocenters. The van der Waals surface area contributed by atoms with Gasteiger partial charge in [0, 0.05) is 17.8 Å². The van der Waals surface area contributed by atoms with Crippen molar-refractivity contribution in [1.82, 2.24) is 4.98 Å². The molecule has 1 aromatic heterocycles. The number of rotatable bonds is 3. The first-order valence-electron chi connectivity index (χ1n) is 4.57. The molecule has 1 saturated carbocycles. The lowest BCUT2D eigenvalue weighted by atomic mass is 10.1. The largest absolute Gasteiger partial charge is 0.324 e. The van der Waals surface area contributed by atoms with Gasteiger partial charge in [-0.15, -0.1) is 11.8 Å². The minimum atomic E-state index is 0.205. The van der Waals surface area contributed by atoms with Gasteiger partial charge in [-0.25, -0.2) is 4.98 Å². The molecule has 2 nitrogen and oxygen atoms in total. The van der Waals surface area contributed by atoms with Crippen LogP contribution in [-0.4, -0.2) is 11.2 Å². The van der Waals surface area contributed by atoms with Crippen LogP contribution in [0.4, 0.5) is 0 Å². The van der Waals surface area contributed by atoms with Gasteiger partial charge in [0.25, 0.3) is 0 Å². The van der Waals surface area contributed by atoms with Crippen molar-refractivity contribution in [3.8, 4) is 0 Å². The summed E-state index contributed by atoms with van der Waals surface area (Å²) in [6.45, 7) is 0. The van der Waals surface area contributed by atoms with E-state index < -0.39 is 0 Å². The summed E-state index contributed by atoms with van der Waals surface area (Å²) >= 11 is 1.68. The van der Waals surface area contributed by atoms with Crippen LogP contribution in [0.25, 0.3) is 0 Å². The van der Waals surface area contributed by atoms with Gasteiger partial charge in [-0.1, -0.05) is 6.07 Å². The van der Waals surface area contributed by atoms with Crippen LogP contribution in [0.15, 0.2) is 23.4 Å². The Balaban J connectivity index is 2.26. The van der Waals surface area contributed by atoms with Crippen molar-refractivity contribution in [2.75, 3.05) is 6.26 Å². The molecule has 13 heavy (non-hydrogen) atoms. The smallest absolute Gasteiger partial charge is 0.100 e. The topological polar surface area (TPSA) is 38.9 Å². The third-order valence-electron chi connectivity index (χ3n) is 2.48. The van der Waals surface area contributed by atoms with E-state index in [1.165, 1.54) is 18.4 Å². The fourth-order valence-corrected chi connectivity index (χ4v) is 2.14. The zero-order chi connectivity index (χ0) is 9.26. The summed E-state index contributed by atoms with van der Waals surface area (Å²) < 4.78 is 0. The van der Waals surface area contributed by atoms with Gasteiger partial charge in [-0.2, -0.15) is 0 Å². The molecule has 1 heterocycles. The van der Waals surface area contributed by atoms with Crippen LogP contribution in [-0.2, 0) is 0 Å². The van der Waals surface area contributed by atoms with Crippen LogP contribution >= 0.6 is 11.8 Å². The Morgan fingerprint density at radius 1 is 1.62 bits per heavy atom. The van der Waals surface area contributed by atoms with Crippen LogP contribution in [0.1, 0.15) is 24.4 Å². The van der Waals surface area contributed by atoms with Gasteiger partial charge in [0.1, 0.15) is 5.03 Å². The van der Waals surface area contributed by atoms with Gasteiger partial charge in [0.2, 0.25) is 0 Å². The average molecular weight is 194 g/mol. The number of aromatic nitrogens is 1. The van der Waals surface area contributed by atoms with Crippen molar-refractivity contribution in [1.29, 1.82) is 0 Å². The third kappa shape index (κ3) is 1.86. The van der Waals surface area contributed by atoms with Crippen LogP contribution in [0.2, 0.25) is 0 Å². The van der Waals surface area contributed by atoms with Gasteiger partial charge in [-0.3, -0.25) is 0 Å². The fraction of sp³-hybridized carbons (Fsp3) is 0.500. The predicted molar refractivity (Wildman–Crippen MR) is 55.7 cm³/mol. The first-order chi connectivity index (χ1) is 6.33. The summed E-state index contributed by atoms with van der Waals surface area (Å²) in [7, 11) is 0. The molecule has 0 radical (unpaired) electrons. The first-order valence-corrected chi connectivity index (χ1v) is 5.80. The van der Waals surface area contributed by atoms with Gasteiger partial charge in [0.05, 0.1) is 0 Å². The van der Waals surface area contributed by atoms with Gasteiger partial charge < -0.3 is 5.73 Å². The van der Waals surface area contributed by atoms with Gasteiger partial charge in [0.15, 0.2) is 0 Å². The maximum atomic E-state index is 6.12. The SMILES string of the molecule is CSc1ncccc1[C@@H](N)C1CC1. The van der Waals surface area contributed by atoms with Gasteiger partial charge >= 0.3 is 0 Å². The zero-order valence-corrected chi connectivity index (χ0v) is 8.55. The van der Waals surface area contributed by atoms with E-state index in [-0.39, 0.29) is 6.04 Å². The number of hydrogen-bond acceptors (Lipinski definition) is 3. The lowest BCUT2D eigenvalue weighted by molar-refractivity contribution is 0.616. The summed E-state index contributed by atoms with van der Waals surface area (Å²) in [6, 6.07) is 4.27. The van der Waals surface area contributed by atoms with Crippen LogP contribution in [0.3, 0.4) is 0 Å². The molecule has 2 rings (SSSR count). The van der Waals surface area contributed by atoms with E-state index in [4.69, 9.17) is 5.73 Å². The molecule has 2 N–H and O–H groups in total. The van der Waals surface area contributed by atoms with Crippen molar-refractivity contribution in [2.24, 2.45) is 11.7 Å². The lowest BCUT2D eigenvalue weighted by Gasteiger charge is -2.12. The molecule has 1 aliphatic carbocycles. The highest BCUT2D eigenvalue weighted by molar-refractivity contribution is 7.98. The van der Waals surface area contributed by atoms with E-state index in [9.17, 15) is 0 Å². The number of pyridine rings is 1. The van der Waals surface area contributed by atoms with E-state index in [1.54, 1.807) is 11.8 Å². The lowest BCUT2D eigenvalue weighted by Crippen LogP contribution is -2.13. The molecule has 0 spiro atoms. The summed E-state index contributed by atoms with van der Waals surface area (Å²) in [5, 5.41) is 1.09. The summed E-state index contributed by atoms with van der Waals surface area (Å²) in [4.78, 5) is 4.31. The molecule has 1 aliphatic rings. The second-order valence-corrected chi connectivity index (χ2v) is 4.26. The molecule has 0 unspecified atom stereocenters. The number of thioether (sulfide) groups is 1. The van der Waals surface area contributed by atoms with Crippen molar-refractivity contribution in [3.63, 3.8) is 0 Å². The van der Waals surface area contributed by atoms with E-state index in [1.807, 2.05) is 18.5 Å². The molecule has 0 aromatic carbocycles. The minimum Gasteiger partial charge on any atom is -0.324 e. The summed E-state index contributed by atoms with van der Waals surface area (Å²) in [6.07, 6.45) is 6.44. The van der Waals surface area contributed by atoms with Crippen LogP contribution < -0.4 is 5.73 Å². The monoisotopic (exact) mass is 194 g/mol. The number of nitrogens with zero attached hydrogens (tertiary/aromatic N) is 1. The van der Waals surface area contributed by atoms with E-state index in [0.29, 0.717) is 5.92 Å². The molecule has 0 amide bonds. The van der Waals surface area contributed by atoms with Crippen molar-refractivity contribution >= 4 is 11.8 Å². The average Bonchev–Trinajstić information content (AvgIpc) is 3.00. The molecule has 0 saturated heterocycles. The Morgan fingerprint density at radius 3 is 3.00 bits per heavy atom. The molecular weight excluding hydrogens is 180 g/mol. The highest BCUT2D eigenvalue weighted by atomic mass is 32.2. The first kappa shape index (κ1) is 9.03. The van der Waals surface area contributed by atoms with E-state index >= 15 is 0 Å². The van der Waals surface area contributed by atoms with Crippen LogP contribution in [0, 0.1) is 5.92 Å². The van der Waals surface area contributed by atoms with Crippen molar-refractivity contribution in [3.05, 3.63) is 23.9 Å². The second-order valence-electron chi connectivity index (χ2n) is 3.47. The predicted octanol–water partition coefficient (Wildman–Crippen LogP) is 2.21. The maximum absolute atomic E-state index is 6.12. The molecule has 1 fully saturated rings. The number of nitrogens with two attached hydrogens (primary N) is 1. The highest BCUT2D eigenvalue weighted by Gasteiger charge is 2.30. The molecule has 70 valence electrons. The van der Waals surface area contributed by atoms with Crippen molar-refractivity contribution in [2.45, 2.75) is 23.9 Å². The molecule has 0 bridgehead atoms. The molecule has 1 aromatic rings. The molecular formula is C10H14N2S. The number of hydrogen-bond donors (Lipinski definition) is 1.